The topological polar surface area (TPSA) is 142 Å². The Morgan fingerprint density at radius 1 is 1.37 bits per heavy atom. The van der Waals surface area contributed by atoms with E-state index in [0.29, 0.717) is 5.17 Å². The van der Waals surface area contributed by atoms with E-state index in [1.165, 1.54) is 31.5 Å². The van der Waals surface area contributed by atoms with Gasteiger partial charge in [-0.15, -0.1) is 0 Å². The largest absolute Gasteiger partial charge is 0.394 e. The van der Waals surface area contributed by atoms with Crippen LogP contribution in [-0.2, 0) is 15.2 Å². The Morgan fingerprint density at radius 2 is 1.89 bits per heavy atom. The van der Waals surface area contributed by atoms with E-state index in [4.69, 9.17) is 23.3 Å². The lowest BCUT2D eigenvalue weighted by atomic mass is 10.3. The first kappa shape index (κ1) is 20.6. The molecule has 0 atom stereocenters. The maximum Gasteiger partial charge on any atom is 0.394 e. The molecule has 0 spiro atoms. The molecular formula is C9H21N3O5S2. The van der Waals surface area contributed by atoms with Gasteiger partial charge in [0.25, 0.3) is 0 Å². The molecule has 0 fully saturated rings. The van der Waals surface area contributed by atoms with Crippen LogP contribution in [-0.4, -0.2) is 47.4 Å². The average Bonchev–Trinajstić information content (AvgIpc) is 2.19. The summed E-state index contributed by atoms with van der Waals surface area (Å²) in [5.41, 5.74) is 5.48. The molecule has 114 valence electrons. The zero-order chi connectivity index (χ0) is 15.3. The van der Waals surface area contributed by atoms with Crippen molar-refractivity contribution in [3.8, 4) is 0 Å². The van der Waals surface area contributed by atoms with Gasteiger partial charge in [0.1, 0.15) is 0 Å². The second kappa shape index (κ2) is 12.4. The van der Waals surface area contributed by atoms with Crippen molar-refractivity contribution in [1.82, 2.24) is 5.32 Å². The second-order valence-corrected chi connectivity index (χ2v) is 5.38. The molecule has 0 aliphatic heterocycles. The van der Waals surface area contributed by atoms with E-state index in [-0.39, 0.29) is 5.91 Å². The zero-order valence-electron chi connectivity index (χ0n) is 11.0. The molecular weight excluding hydrogens is 294 g/mol. The number of unbranched alkanes of at least 4 members (excludes halogenated alkanes) is 1. The quantitative estimate of drug-likeness (QED) is 0.237. The van der Waals surface area contributed by atoms with Crippen LogP contribution in [0.3, 0.4) is 0 Å². The summed E-state index contributed by atoms with van der Waals surface area (Å²) in [6, 6.07) is 0. The number of hydrogen-bond acceptors (Lipinski definition) is 5. The van der Waals surface area contributed by atoms with Crippen molar-refractivity contribution >= 4 is 33.2 Å². The molecule has 1 amide bonds. The number of hydrogen-bond donors (Lipinski definition) is 4. The van der Waals surface area contributed by atoms with Crippen LogP contribution in [0.5, 0.6) is 0 Å². The maximum absolute atomic E-state index is 10.5. The number of nitrogens with zero attached hydrogens (tertiary/aromatic N) is 1. The number of nitrogens with two attached hydrogens (primary N) is 1. The molecule has 8 nitrogen and oxygen atoms in total. The molecule has 0 aliphatic carbocycles. The first-order chi connectivity index (χ1) is 8.66. The van der Waals surface area contributed by atoms with Crippen LogP contribution in [0.25, 0.3) is 0 Å². The zero-order valence-corrected chi connectivity index (χ0v) is 12.6. The molecule has 0 rings (SSSR count). The predicted molar refractivity (Wildman–Crippen MR) is 76.7 cm³/mol. The monoisotopic (exact) mass is 315 g/mol. The van der Waals surface area contributed by atoms with Gasteiger partial charge in [-0.3, -0.25) is 13.9 Å². The van der Waals surface area contributed by atoms with Gasteiger partial charge in [-0.2, -0.15) is 13.4 Å². The molecule has 19 heavy (non-hydrogen) atoms. The number of aliphatic imine (C=N–C) groups is 1. The van der Waals surface area contributed by atoms with Crippen molar-refractivity contribution in [2.45, 2.75) is 26.7 Å². The van der Waals surface area contributed by atoms with Gasteiger partial charge in [-0.1, -0.05) is 25.1 Å². The maximum atomic E-state index is 10.5. The molecule has 0 aromatic heterocycles. The summed E-state index contributed by atoms with van der Waals surface area (Å²) in [4.78, 5) is 14.1. The van der Waals surface area contributed by atoms with Crippen molar-refractivity contribution in [2.75, 3.05) is 18.8 Å². The minimum absolute atomic E-state index is 0.242. The van der Waals surface area contributed by atoms with E-state index < -0.39 is 10.4 Å². The van der Waals surface area contributed by atoms with E-state index in [0.717, 1.165) is 18.8 Å². The summed E-state index contributed by atoms with van der Waals surface area (Å²) in [7, 11) is -4.67. The summed E-state index contributed by atoms with van der Waals surface area (Å²) in [6.45, 7) is 5.50. The van der Waals surface area contributed by atoms with Gasteiger partial charge in [-0.25, -0.2) is 0 Å². The number of carbonyl (C=O) groups excluding carboxylic acids is 1. The lowest BCUT2D eigenvalue weighted by Gasteiger charge is -2.02. The van der Waals surface area contributed by atoms with Crippen LogP contribution in [0.15, 0.2) is 4.99 Å². The SMILES string of the molecule is CCCCNCCSC(N)=NC(C)=O.O=S(=O)(O)O. The smallest absolute Gasteiger partial charge is 0.378 e. The van der Waals surface area contributed by atoms with Crippen LogP contribution in [0.1, 0.15) is 26.7 Å². The Kier molecular flexibility index (Phi) is 13.4. The molecule has 0 saturated heterocycles. The molecule has 0 aliphatic rings. The molecule has 5 N–H and O–H groups in total. The molecule has 10 heteroatoms. The van der Waals surface area contributed by atoms with E-state index in [1.807, 2.05) is 0 Å². The highest BCUT2D eigenvalue weighted by atomic mass is 32.3. The summed E-state index contributed by atoms with van der Waals surface area (Å²) < 4.78 is 31.6. The highest BCUT2D eigenvalue weighted by Crippen LogP contribution is 1.98. The average molecular weight is 315 g/mol. The van der Waals surface area contributed by atoms with E-state index in [2.05, 4.69) is 17.2 Å². The van der Waals surface area contributed by atoms with E-state index in [9.17, 15) is 4.79 Å². The fourth-order valence-corrected chi connectivity index (χ4v) is 1.49. The predicted octanol–water partition coefficient (Wildman–Crippen LogP) is 0.318. The summed E-state index contributed by atoms with van der Waals surface area (Å²) >= 11 is 1.41. The number of carbonyl (C=O) groups is 1. The van der Waals surface area contributed by atoms with Crippen molar-refractivity contribution in [2.24, 2.45) is 10.7 Å². The summed E-state index contributed by atoms with van der Waals surface area (Å²) in [5.74, 6) is 0.612. The highest BCUT2D eigenvalue weighted by molar-refractivity contribution is 8.13. The third-order valence-corrected chi connectivity index (χ3v) is 2.30. The van der Waals surface area contributed by atoms with Crippen molar-refractivity contribution in [1.29, 1.82) is 0 Å². The highest BCUT2D eigenvalue weighted by Gasteiger charge is 1.95. The Bertz CT molecular complexity index is 362. The third kappa shape index (κ3) is 31.7. The van der Waals surface area contributed by atoms with Crippen molar-refractivity contribution in [3.05, 3.63) is 0 Å². The standard InChI is InChI=1S/C9H19N3OS.H2O4S/c1-3-4-5-11-6-7-14-9(10)12-8(2)13;1-5(2,3)4/h11H,3-7H2,1-2H3,(H2,10,12,13);(H2,1,2,3,4). The third-order valence-electron chi connectivity index (χ3n) is 1.50. The molecule has 0 radical (unpaired) electrons. The lowest BCUT2D eigenvalue weighted by Crippen LogP contribution is -2.20. The molecule has 0 aromatic carbocycles. The molecule has 0 heterocycles. The normalized spacial score (nSPS) is 11.7. The Morgan fingerprint density at radius 3 is 2.32 bits per heavy atom. The van der Waals surface area contributed by atoms with Crippen molar-refractivity contribution < 1.29 is 22.3 Å². The fraction of sp³-hybridized carbons (Fsp3) is 0.778. The lowest BCUT2D eigenvalue weighted by molar-refractivity contribution is -0.115. The molecule has 0 aromatic rings. The Labute approximate surface area is 117 Å². The van der Waals surface area contributed by atoms with E-state index in [1.54, 1.807) is 0 Å². The number of amidine groups is 1. The summed E-state index contributed by atoms with van der Waals surface area (Å²) in [5, 5.41) is 3.63. The van der Waals surface area contributed by atoms with Crippen molar-refractivity contribution in [3.63, 3.8) is 0 Å². The minimum atomic E-state index is -4.67. The van der Waals surface area contributed by atoms with Crippen LogP contribution < -0.4 is 11.1 Å². The molecule has 0 unspecified atom stereocenters. The fourth-order valence-electron chi connectivity index (χ4n) is 0.842. The number of thioether (sulfide) groups is 1. The minimum Gasteiger partial charge on any atom is -0.378 e. The Balaban J connectivity index is 0. The van der Waals surface area contributed by atoms with Crippen LogP contribution in [0.4, 0.5) is 0 Å². The summed E-state index contributed by atoms with van der Waals surface area (Å²) in [6.07, 6.45) is 2.40. The number of rotatable bonds is 6. The van der Waals surface area contributed by atoms with E-state index >= 15 is 0 Å². The van der Waals surface area contributed by atoms with Gasteiger partial charge in [0, 0.05) is 19.2 Å². The number of amides is 1. The second-order valence-electron chi connectivity index (χ2n) is 3.37. The molecule has 0 bridgehead atoms. The molecule has 0 saturated carbocycles. The van der Waals surface area contributed by atoms with Gasteiger partial charge >= 0.3 is 10.4 Å². The van der Waals surface area contributed by atoms with Gasteiger partial charge in [0.15, 0.2) is 5.17 Å². The van der Waals surface area contributed by atoms with Gasteiger partial charge in [0.2, 0.25) is 5.91 Å². The van der Waals surface area contributed by atoms with Crippen LogP contribution in [0.2, 0.25) is 0 Å². The van der Waals surface area contributed by atoms with Gasteiger partial charge in [0.05, 0.1) is 0 Å². The van der Waals surface area contributed by atoms with Gasteiger partial charge in [-0.05, 0) is 13.0 Å². The number of nitrogens with one attached hydrogen (secondary N) is 1. The van der Waals surface area contributed by atoms with Crippen LogP contribution in [0, 0.1) is 0 Å². The first-order valence-electron chi connectivity index (χ1n) is 5.55. The van der Waals surface area contributed by atoms with Crippen LogP contribution >= 0.6 is 11.8 Å². The first-order valence-corrected chi connectivity index (χ1v) is 7.93. The Hall–Kier alpha value is -0.680. The van der Waals surface area contributed by atoms with Gasteiger partial charge < -0.3 is 11.1 Å².